The van der Waals surface area contributed by atoms with E-state index in [-0.39, 0.29) is 17.4 Å². The van der Waals surface area contributed by atoms with Gasteiger partial charge in [-0.05, 0) is 66.2 Å². The minimum absolute atomic E-state index is 0.0165. The first kappa shape index (κ1) is 17.0. The van der Waals surface area contributed by atoms with Crippen molar-refractivity contribution in [2.24, 2.45) is 0 Å². The average molecular weight is 379 g/mol. The van der Waals surface area contributed by atoms with Crippen LogP contribution in [-0.2, 0) is 0 Å². The number of hydrogen-bond acceptors (Lipinski definition) is 4. The highest BCUT2D eigenvalue weighted by Crippen LogP contribution is 2.27. The molecule has 23 heavy (non-hydrogen) atoms. The molecule has 2 aromatic rings. The van der Waals surface area contributed by atoms with E-state index in [0.29, 0.717) is 15.8 Å². The van der Waals surface area contributed by atoms with Gasteiger partial charge >= 0.3 is 11.9 Å². The number of carbonyl (C=O) groups excluding carboxylic acids is 1. The van der Waals surface area contributed by atoms with Crippen LogP contribution in [-0.4, -0.2) is 23.1 Å². The van der Waals surface area contributed by atoms with Crippen molar-refractivity contribution >= 4 is 27.9 Å². The number of hydrogen-bond donors (Lipinski definition) is 1. The van der Waals surface area contributed by atoms with Crippen LogP contribution in [0.1, 0.15) is 34.6 Å². The third-order valence-corrected chi connectivity index (χ3v) is 3.44. The molecule has 2 aromatic carbocycles. The van der Waals surface area contributed by atoms with Gasteiger partial charge in [0.25, 0.3) is 0 Å². The molecule has 0 spiro atoms. The van der Waals surface area contributed by atoms with E-state index in [4.69, 9.17) is 14.6 Å². The van der Waals surface area contributed by atoms with Crippen molar-refractivity contribution in [3.05, 3.63) is 58.1 Å². The number of halogens is 1. The molecule has 0 amide bonds. The van der Waals surface area contributed by atoms with Gasteiger partial charge in [-0.2, -0.15) is 0 Å². The Morgan fingerprint density at radius 3 is 2.43 bits per heavy atom. The van der Waals surface area contributed by atoms with Gasteiger partial charge in [0.05, 0.1) is 21.7 Å². The highest BCUT2D eigenvalue weighted by atomic mass is 79.9. The van der Waals surface area contributed by atoms with Crippen LogP contribution in [0.15, 0.2) is 46.9 Å². The molecule has 0 saturated heterocycles. The second kappa shape index (κ2) is 7.28. The summed E-state index contributed by atoms with van der Waals surface area (Å²) in [4.78, 5) is 23.1. The quantitative estimate of drug-likeness (QED) is 0.624. The van der Waals surface area contributed by atoms with E-state index in [0.717, 1.165) is 0 Å². The van der Waals surface area contributed by atoms with E-state index in [2.05, 4.69) is 15.9 Å². The normalized spacial score (nSPS) is 10.4. The molecule has 5 nitrogen and oxygen atoms in total. The Hall–Kier alpha value is -2.34. The summed E-state index contributed by atoms with van der Waals surface area (Å²) in [7, 11) is 0. The summed E-state index contributed by atoms with van der Waals surface area (Å²) < 4.78 is 11.4. The van der Waals surface area contributed by atoms with Gasteiger partial charge in [0.1, 0.15) is 11.5 Å². The van der Waals surface area contributed by atoms with E-state index in [9.17, 15) is 9.59 Å². The molecule has 0 atom stereocenters. The highest BCUT2D eigenvalue weighted by Gasteiger charge is 2.13. The Morgan fingerprint density at radius 1 is 1.09 bits per heavy atom. The second-order valence-electron chi connectivity index (χ2n) is 5.03. The highest BCUT2D eigenvalue weighted by molar-refractivity contribution is 9.10. The molecule has 0 aliphatic heterocycles. The van der Waals surface area contributed by atoms with Crippen LogP contribution in [0.25, 0.3) is 0 Å². The number of carbonyl (C=O) groups is 2. The summed E-state index contributed by atoms with van der Waals surface area (Å²) in [5.74, 6) is -0.858. The lowest BCUT2D eigenvalue weighted by Gasteiger charge is -2.12. The summed E-state index contributed by atoms with van der Waals surface area (Å²) in [6, 6.07) is 10.6. The molecule has 0 fully saturated rings. The minimum atomic E-state index is -1.08. The fourth-order valence-electron chi connectivity index (χ4n) is 1.84. The maximum Gasteiger partial charge on any atom is 0.343 e. The lowest BCUT2D eigenvalue weighted by molar-refractivity contribution is 0.0687. The third-order valence-electron chi connectivity index (χ3n) is 2.82. The van der Waals surface area contributed by atoms with Gasteiger partial charge in [0.15, 0.2) is 0 Å². The molecule has 0 saturated carbocycles. The Balaban J connectivity index is 2.16. The van der Waals surface area contributed by atoms with Gasteiger partial charge in [-0.15, -0.1) is 0 Å². The van der Waals surface area contributed by atoms with E-state index < -0.39 is 11.9 Å². The van der Waals surface area contributed by atoms with E-state index >= 15 is 0 Å². The predicted molar refractivity (Wildman–Crippen MR) is 88.3 cm³/mol. The van der Waals surface area contributed by atoms with Crippen molar-refractivity contribution in [3.63, 3.8) is 0 Å². The van der Waals surface area contributed by atoms with Gasteiger partial charge in [-0.3, -0.25) is 0 Å². The number of carboxylic acid groups (broad SMARTS) is 1. The lowest BCUT2D eigenvalue weighted by Crippen LogP contribution is -2.10. The number of aromatic carboxylic acids is 1. The van der Waals surface area contributed by atoms with E-state index in [1.54, 1.807) is 18.2 Å². The van der Waals surface area contributed by atoms with Crippen LogP contribution in [0.4, 0.5) is 0 Å². The first-order chi connectivity index (χ1) is 10.9. The Labute approximate surface area is 142 Å². The van der Waals surface area contributed by atoms with Crippen molar-refractivity contribution in [2.75, 3.05) is 0 Å². The van der Waals surface area contributed by atoms with Gasteiger partial charge in [0.2, 0.25) is 0 Å². The molecule has 0 bridgehead atoms. The number of rotatable bonds is 5. The molecular formula is C17H15BrO5. The fraction of sp³-hybridized carbons (Fsp3) is 0.176. The number of carboxylic acids is 1. The van der Waals surface area contributed by atoms with Crippen LogP contribution in [0.3, 0.4) is 0 Å². The van der Waals surface area contributed by atoms with Crippen LogP contribution >= 0.6 is 15.9 Å². The van der Waals surface area contributed by atoms with Gasteiger partial charge in [0, 0.05) is 0 Å². The summed E-state index contributed by atoms with van der Waals surface area (Å²) in [5.41, 5.74) is 0.380. The minimum Gasteiger partial charge on any atom is -0.490 e. The van der Waals surface area contributed by atoms with Crippen molar-refractivity contribution in [2.45, 2.75) is 20.0 Å². The maximum absolute atomic E-state index is 12.1. The van der Waals surface area contributed by atoms with Crippen LogP contribution in [0.2, 0.25) is 0 Å². The molecule has 6 heteroatoms. The molecule has 0 radical (unpaired) electrons. The SMILES string of the molecule is CC(C)Oc1ccc(C(=O)Oc2cccc(C(=O)O)c2)cc1Br. The first-order valence-electron chi connectivity index (χ1n) is 6.88. The Morgan fingerprint density at radius 2 is 1.83 bits per heavy atom. The zero-order valence-corrected chi connectivity index (χ0v) is 14.2. The molecule has 0 heterocycles. The Bertz CT molecular complexity index is 740. The lowest BCUT2D eigenvalue weighted by atomic mass is 10.2. The predicted octanol–water partition coefficient (Wildman–Crippen LogP) is 4.15. The molecule has 0 aliphatic rings. The molecule has 0 aromatic heterocycles. The second-order valence-corrected chi connectivity index (χ2v) is 5.89. The molecule has 1 N–H and O–H groups in total. The summed E-state index contributed by atoms with van der Waals surface area (Å²) in [6.07, 6.45) is 0.0165. The number of benzene rings is 2. The van der Waals surface area contributed by atoms with E-state index in [1.165, 1.54) is 24.3 Å². The van der Waals surface area contributed by atoms with Gasteiger partial charge in [-0.1, -0.05) is 6.07 Å². The van der Waals surface area contributed by atoms with Gasteiger partial charge in [-0.25, -0.2) is 9.59 Å². The molecule has 120 valence electrons. The van der Waals surface area contributed by atoms with Crippen molar-refractivity contribution in [3.8, 4) is 11.5 Å². The molecule has 2 rings (SSSR count). The number of ether oxygens (including phenoxy) is 2. The topological polar surface area (TPSA) is 72.8 Å². The van der Waals surface area contributed by atoms with E-state index in [1.807, 2.05) is 13.8 Å². The van der Waals surface area contributed by atoms with Crippen molar-refractivity contribution in [1.29, 1.82) is 0 Å². The first-order valence-corrected chi connectivity index (χ1v) is 7.68. The molecule has 0 aliphatic carbocycles. The summed E-state index contributed by atoms with van der Waals surface area (Å²) in [5, 5.41) is 8.94. The standard InChI is InChI=1S/C17H15BrO5/c1-10(2)22-15-7-6-12(9-14(15)18)17(21)23-13-5-3-4-11(8-13)16(19)20/h3-10H,1-2H3,(H,19,20). The monoisotopic (exact) mass is 378 g/mol. The average Bonchev–Trinajstić information content (AvgIpc) is 2.49. The van der Waals surface area contributed by atoms with Crippen molar-refractivity contribution in [1.82, 2.24) is 0 Å². The smallest absolute Gasteiger partial charge is 0.343 e. The Kier molecular flexibility index (Phi) is 5.39. The van der Waals surface area contributed by atoms with Crippen molar-refractivity contribution < 1.29 is 24.2 Å². The summed E-state index contributed by atoms with van der Waals surface area (Å²) in [6.45, 7) is 3.81. The largest absolute Gasteiger partial charge is 0.490 e. The molecule has 0 unspecified atom stereocenters. The molecular weight excluding hydrogens is 364 g/mol. The fourth-order valence-corrected chi connectivity index (χ4v) is 2.31. The van der Waals surface area contributed by atoms with Crippen LogP contribution in [0, 0.1) is 0 Å². The van der Waals surface area contributed by atoms with Gasteiger partial charge < -0.3 is 14.6 Å². The third kappa shape index (κ3) is 4.56. The van der Waals surface area contributed by atoms with Crippen LogP contribution < -0.4 is 9.47 Å². The maximum atomic E-state index is 12.1. The number of esters is 1. The van der Waals surface area contributed by atoms with Crippen LogP contribution in [0.5, 0.6) is 11.5 Å². The zero-order valence-electron chi connectivity index (χ0n) is 12.6. The summed E-state index contributed by atoms with van der Waals surface area (Å²) >= 11 is 3.35. The zero-order chi connectivity index (χ0) is 17.0.